The van der Waals surface area contributed by atoms with Gasteiger partial charge in [0.15, 0.2) is 5.82 Å². The van der Waals surface area contributed by atoms with E-state index in [2.05, 4.69) is 15.5 Å². The third kappa shape index (κ3) is 7.35. The molecule has 2 aromatic carbocycles. The summed E-state index contributed by atoms with van der Waals surface area (Å²) >= 11 is 2.39. The van der Waals surface area contributed by atoms with Gasteiger partial charge in [-0.3, -0.25) is 19.8 Å². The molecule has 0 atom stereocenters. The fourth-order valence-corrected chi connectivity index (χ4v) is 5.88. The maximum absolute atomic E-state index is 14.8. The van der Waals surface area contributed by atoms with Crippen molar-refractivity contribution in [3.8, 4) is 10.4 Å². The van der Waals surface area contributed by atoms with Gasteiger partial charge < -0.3 is 15.0 Å². The van der Waals surface area contributed by atoms with Crippen molar-refractivity contribution in [1.29, 1.82) is 0 Å². The first kappa shape index (κ1) is 32.4. The Morgan fingerprint density at radius 2 is 1.70 bits per heavy atom. The van der Waals surface area contributed by atoms with E-state index in [0.717, 1.165) is 28.4 Å². The Morgan fingerprint density at radius 1 is 1.02 bits per heavy atom. The summed E-state index contributed by atoms with van der Waals surface area (Å²) in [6, 6.07) is 12.3. The number of aromatic nitrogens is 2. The van der Waals surface area contributed by atoms with Crippen LogP contribution in [0.5, 0.6) is 0 Å². The number of amides is 2. The Balaban J connectivity index is 1.95. The molecule has 11 nitrogen and oxygen atoms in total. The molecule has 2 aromatic heterocycles. The molecule has 0 saturated carbocycles. The Labute approximate surface area is 260 Å². The average Bonchev–Trinajstić information content (AvgIpc) is 3.35. The van der Waals surface area contributed by atoms with Crippen LogP contribution in [0.25, 0.3) is 10.4 Å². The normalized spacial score (nSPS) is 11.0. The highest BCUT2D eigenvalue weighted by Crippen LogP contribution is 2.44. The third-order valence-corrected chi connectivity index (χ3v) is 8.17. The Hall–Kier alpha value is -4.47. The van der Waals surface area contributed by atoms with Gasteiger partial charge in [-0.1, -0.05) is 6.07 Å². The largest absolute Gasteiger partial charge is 0.449 e. The quantitative estimate of drug-likeness (QED) is 0.109. The van der Waals surface area contributed by atoms with E-state index in [0.29, 0.717) is 21.0 Å². The van der Waals surface area contributed by atoms with Crippen LogP contribution in [0.3, 0.4) is 0 Å². The van der Waals surface area contributed by atoms with Gasteiger partial charge in [-0.25, -0.2) is 13.6 Å². The van der Waals surface area contributed by atoms with Gasteiger partial charge in [0.2, 0.25) is 0 Å². The van der Waals surface area contributed by atoms with Gasteiger partial charge in [0.05, 0.1) is 23.6 Å². The van der Waals surface area contributed by atoms with Crippen LogP contribution in [0, 0.1) is 21.7 Å². The lowest BCUT2D eigenvalue weighted by Gasteiger charge is -2.23. The van der Waals surface area contributed by atoms with Crippen LogP contribution in [-0.2, 0) is 17.8 Å². The number of anilines is 2. The maximum Gasteiger partial charge on any atom is 0.415 e. The summed E-state index contributed by atoms with van der Waals surface area (Å²) in [4.78, 5) is 41.5. The molecule has 15 heteroatoms. The third-order valence-electron chi connectivity index (χ3n) is 6.23. The van der Waals surface area contributed by atoms with Gasteiger partial charge in [0, 0.05) is 29.1 Å². The molecule has 2 amide bonds. The number of nitrogens with zero attached hydrogens (tertiary/aromatic N) is 5. The summed E-state index contributed by atoms with van der Waals surface area (Å²) in [7, 11) is 3.56. The minimum Gasteiger partial charge on any atom is -0.449 e. The second-order valence-electron chi connectivity index (χ2n) is 9.53. The number of nitro benzene ring substituents is 1. The number of hydrogen-bond donors (Lipinski definition) is 1. The van der Waals surface area contributed by atoms with E-state index < -0.39 is 40.7 Å². The summed E-state index contributed by atoms with van der Waals surface area (Å²) in [6.07, 6.45) is 0.899. The minimum atomic E-state index is -0.929. The molecular formula is C29H28F2N6O5S2. The Morgan fingerprint density at radius 3 is 2.25 bits per heavy atom. The average molecular weight is 643 g/mol. The number of non-ortho nitro benzene ring substituents is 1. The highest BCUT2D eigenvalue weighted by Gasteiger charge is 2.33. The molecule has 0 bridgehead atoms. The zero-order valence-corrected chi connectivity index (χ0v) is 25.8. The van der Waals surface area contributed by atoms with E-state index in [4.69, 9.17) is 4.74 Å². The number of thiophene rings is 1. The van der Waals surface area contributed by atoms with Crippen LogP contribution in [0.15, 0.2) is 59.6 Å². The first-order valence-electron chi connectivity index (χ1n) is 13.1. The molecule has 0 fully saturated rings. The molecule has 0 unspecified atom stereocenters. The van der Waals surface area contributed by atoms with Gasteiger partial charge in [-0.2, -0.15) is 0 Å². The number of hydrogen-bond acceptors (Lipinski definition) is 10. The highest BCUT2D eigenvalue weighted by atomic mass is 32.2. The zero-order chi connectivity index (χ0) is 32.0. The molecule has 4 aromatic rings. The van der Waals surface area contributed by atoms with Crippen molar-refractivity contribution in [2.45, 2.75) is 25.0 Å². The fourth-order valence-electron chi connectivity index (χ4n) is 4.25. The first-order chi connectivity index (χ1) is 21.0. The van der Waals surface area contributed by atoms with Gasteiger partial charge in [-0.15, -0.1) is 33.3 Å². The van der Waals surface area contributed by atoms with Crippen LogP contribution in [0.1, 0.15) is 28.4 Å². The molecule has 0 saturated heterocycles. The van der Waals surface area contributed by atoms with E-state index in [9.17, 15) is 28.5 Å². The highest BCUT2D eigenvalue weighted by molar-refractivity contribution is 7.98. The lowest BCUT2D eigenvalue weighted by atomic mass is 10.0. The van der Waals surface area contributed by atoms with Crippen LogP contribution >= 0.6 is 23.1 Å². The fraction of sp³-hybridized carbons (Fsp3) is 0.241. The number of halogens is 2. The van der Waals surface area contributed by atoms with Gasteiger partial charge in [0.25, 0.3) is 11.6 Å². The SMILES string of the molecule is CCOC(=O)N(Cc1c(F)cccc1F)c1sc(-c2ccc([N+](=O)[O-])cc2)c(CN(C)C)c1C(=O)Nc1ccc(SC)nn1. The van der Waals surface area contributed by atoms with Gasteiger partial charge >= 0.3 is 6.09 Å². The maximum atomic E-state index is 14.8. The predicted molar refractivity (Wildman–Crippen MR) is 165 cm³/mol. The number of ether oxygens (including phenoxy) is 1. The van der Waals surface area contributed by atoms with Crippen LogP contribution < -0.4 is 10.2 Å². The number of carbonyl (C=O) groups excluding carboxylic acids is 2. The summed E-state index contributed by atoms with van der Waals surface area (Å²) in [6.45, 7) is 1.16. The second-order valence-corrected chi connectivity index (χ2v) is 11.4. The zero-order valence-electron chi connectivity index (χ0n) is 24.2. The van der Waals surface area contributed by atoms with Crippen molar-refractivity contribution in [1.82, 2.24) is 15.1 Å². The molecule has 0 radical (unpaired) electrons. The van der Waals surface area contributed by atoms with E-state index in [1.165, 1.54) is 42.1 Å². The Bertz CT molecular complexity index is 1650. The second kappa shape index (κ2) is 14.3. The van der Waals surface area contributed by atoms with E-state index in [-0.39, 0.29) is 35.2 Å². The van der Waals surface area contributed by atoms with Crippen molar-refractivity contribution in [2.75, 3.05) is 37.2 Å². The predicted octanol–water partition coefficient (Wildman–Crippen LogP) is 6.59. The van der Waals surface area contributed by atoms with E-state index >= 15 is 0 Å². The molecule has 4 rings (SSSR count). The number of benzene rings is 2. The van der Waals surface area contributed by atoms with Crippen molar-refractivity contribution in [3.05, 3.63) is 93.0 Å². The van der Waals surface area contributed by atoms with Crippen molar-refractivity contribution < 1.29 is 28.0 Å². The van der Waals surface area contributed by atoms with Crippen LogP contribution in [-0.4, -0.2) is 59.0 Å². The molecule has 1 N–H and O–H groups in total. The van der Waals surface area contributed by atoms with Gasteiger partial charge in [0.1, 0.15) is 21.7 Å². The molecule has 44 heavy (non-hydrogen) atoms. The Kier molecular flexibility index (Phi) is 10.6. The summed E-state index contributed by atoms with van der Waals surface area (Å²) in [5.74, 6) is -2.28. The van der Waals surface area contributed by atoms with E-state index in [1.807, 2.05) is 6.26 Å². The summed E-state index contributed by atoms with van der Waals surface area (Å²) in [5, 5.41) is 22.8. The molecular weight excluding hydrogens is 614 g/mol. The smallest absolute Gasteiger partial charge is 0.415 e. The lowest BCUT2D eigenvalue weighted by Crippen LogP contribution is -2.33. The number of rotatable bonds is 11. The van der Waals surface area contributed by atoms with E-state index in [1.54, 1.807) is 38.1 Å². The molecule has 0 aliphatic carbocycles. The minimum absolute atomic E-state index is 0.0394. The first-order valence-corrected chi connectivity index (χ1v) is 15.2. The van der Waals surface area contributed by atoms with Gasteiger partial charge in [-0.05, 0) is 74.8 Å². The standard InChI is InChI=1S/C29H28F2N6O5S2/c1-5-42-29(39)36(16-19-21(30)7-6-8-22(19)31)28-25(27(38)32-23-13-14-24(43-4)34-33-23)20(15-35(2)3)26(44-28)17-9-11-18(12-10-17)37(40)41/h6-14H,5,15-16H2,1-4H3,(H,32,33,38). The van der Waals surface area contributed by atoms with Crippen LogP contribution in [0.4, 0.5) is 30.1 Å². The van der Waals surface area contributed by atoms with Crippen LogP contribution in [0.2, 0.25) is 0 Å². The lowest BCUT2D eigenvalue weighted by molar-refractivity contribution is -0.384. The molecule has 0 aliphatic heterocycles. The molecule has 2 heterocycles. The van der Waals surface area contributed by atoms with Crippen molar-refractivity contribution in [2.24, 2.45) is 0 Å². The summed E-state index contributed by atoms with van der Waals surface area (Å²) in [5.41, 5.74) is 0.511. The monoisotopic (exact) mass is 642 g/mol. The topological polar surface area (TPSA) is 131 Å². The number of carbonyl (C=O) groups is 2. The molecule has 0 spiro atoms. The number of nitro groups is 1. The number of thioether (sulfide) groups is 1. The summed E-state index contributed by atoms with van der Waals surface area (Å²) < 4.78 is 34.9. The molecule has 230 valence electrons. The number of nitrogens with one attached hydrogen (secondary N) is 1. The van der Waals surface area contributed by atoms with Crippen molar-refractivity contribution >= 4 is 51.6 Å². The molecule has 0 aliphatic rings. The van der Waals surface area contributed by atoms with Crippen molar-refractivity contribution in [3.63, 3.8) is 0 Å².